The summed E-state index contributed by atoms with van der Waals surface area (Å²) in [6, 6.07) is 7.79. The Morgan fingerprint density at radius 3 is 2.81 bits per heavy atom. The van der Waals surface area contributed by atoms with Gasteiger partial charge in [0.05, 0.1) is 12.7 Å². The van der Waals surface area contributed by atoms with Gasteiger partial charge in [0.25, 0.3) is 0 Å². The molecule has 1 aromatic rings. The molecule has 0 amide bonds. The molecular formula is C13H20ClNO. The Kier molecular flexibility index (Phi) is 6.46. The summed E-state index contributed by atoms with van der Waals surface area (Å²) in [5, 5.41) is 4.10. The van der Waals surface area contributed by atoms with E-state index in [9.17, 15) is 0 Å². The molecule has 0 saturated heterocycles. The molecule has 0 aliphatic heterocycles. The van der Waals surface area contributed by atoms with Gasteiger partial charge in [-0.05, 0) is 31.5 Å². The second-order valence-electron chi connectivity index (χ2n) is 3.92. The fourth-order valence-corrected chi connectivity index (χ4v) is 1.58. The predicted octanol–water partition coefficient (Wildman–Crippen LogP) is 3.24. The third-order valence-electron chi connectivity index (χ3n) is 2.34. The van der Waals surface area contributed by atoms with Gasteiger partial charge in [-0.1, -0.05) is 36.7 Å². The summed E-state index contributed by atoms with van der Waals surface area (Å²) in [4.78, 5) is 0. The average Bonchev–Trinajstić information content (AvgIpc) is 2.28. The maximum Gasteiger partial charge on any atom is 0.0735 e. The molecule has 1 unspecified atom stereocenters. The quantitative estimate of drug-likeness (QED) is 0.740. The van der Waals surface area contributed by atoms with Crippen LogP contribution in [-0.4, -0.2) is 19.2 Å². The van der Waals surface area contributed by atoms with Gasteiger partial charge in [-0.15, -0.1) is 0 Å². The van der Waals surface area contributed by atoms with E-state index in [0.717, 1.165) is 30.1 Å². The fourth-order valence-electron chi connectivity index (χ4n) is 1.39. The molecule has 0 heterocycles. The number of nitrogens with one attached hydrogen (secondary N) is 1. The highest BCUT2D eigenvalue weighted by atomic mass is 35.5. The third-order valence-corrected chi connectivity index (χ3v) is 2.71. The lowest BCUT2D eigenvalue weighted by Gasteiger charge is -2.14. The van der Waals surface area contributed by atoms with Crippen LogP contribution in [0.1, 0.15) is 25.8 Å². The summed E-state index contributed by atoms with van der Waals surface area (Å²) < 4.78 is 5.71. The van der Waals surface area contributed by atoms with Crippen LogP contribution in [0.2, 0.25) is 5.02 Å². The normalized spacial score (nSPS) is 12.7. The van der Waals surface area contributed by atoms with Crippen LogP contribution in [0.25, 0.3) is 0 Å². The molecule has 3 heteroatoms. The summed E-state index contributed by atoms with van der Waals surface area (Å²) in [5.74, 6) is 0. The molecule has 1 N–H and O–H groups in total. The van der Waals surface area contributed by atoms with Crippen LogP contribution >= 0.6 is 11.6 Å². The first-order valence-electron chi connectivity index (χ1n) is 5.79. The van der Waals surface area contributed by atoms with E-state index < -0.39 is 0 Å². The van der Waals surface area contributed by atoms with Gasteiger partial charge in [-0.25, -0.2) is 0 Å². The topological polar surface area (TPSA) is 21.3 Å². The van der Waals surface area contributed by atoms with E-state index in [1.165, 1.54) is 0 Å². The van der Waals surface area contributed by atoms with E-state index in [2.05, 4.69) is 19.2 Å². The van der Waals surface area contributed by atoms with Gasteiger partial charge in [-0.3, -0.25) is 0 Å². The molecule has 1 atom stereocenters. The monoisotopic (exact) mass is 241 g/mol. The molecule has 0 aromatic heterocycles. The van der Waals surface area contributed by atoms with Crippen molar-refractivity contribution in [3.63, 3.8) is 0 Å². The highest BCUT2D eigenvalue weighted by molar-refractivity contribution is 6.31. The molecule has 90 valence electrons. The molecule has 0 saturated carbocycles. The Morgan fingerprint density at radius 2 is 2.12 bits per heavy atom. The van der Waals surface area contributed by atoms with Crippen molar-refractivity contribution >= 4 is 11.6 Å². The van der Waals surface area contributed by atoms with Crippen LogP contribution in [-0.2, 0) is 11.3 Å². The predicted molar refractivity (Wildman–Crippen MR) is 68.9 cm³/mol. The Hall–Kier alpha value is -0.570. The van der Waals surface area contributed by atoms with Gasteiger partial charge in [0.1, 0.15) is 0 Å². The molecule has 2 nitrogen and oxygen atoms in total. The van der Waals surface area contributed by atoms with E-state index in [1.54, 1.807) is 0 Å². The summed E-state index contributed by atoms with van der Waals surface area (Å²) in [6.45, 7) is 6.73. The number of benzene rings is 1. The van der Waals surface area contributed by atoms with Crippen LogP contribution in [0.5, 0.6) is 0 Å². The molecule has 16 heavy (non-hydrogen) atoms. The van der Waals surface area contributed by atoms with Crippen LogP contribution < -0.4 is 5.32 Å². The molecule has 1 aromatic carbocycles. The minimum absolute atomic E-state index is 0.211. The number of rotatable bonds is 7. The summed E-state index contributed by atoms with van der Waals surface area (Å²) >= 11 is 6.04. The van der Waals surface area contributed by atoms with Crippen molar-refractivity contribution < 1.29 is 4.74 Å². The highest BCUT2D eigenvalue weighted by Gasteiger charge is 2.04. The van der Waals surface area contributed by atoms with Gasteiger partial charge >= 0.3 is 0 Å². The standard InChI is InChI=1S/C13H20ClNO/c1-3-8-15-9-11(2)16-10-12-6-4-5-7-13(12)14/h4-7,11,15H,3,8-10H2,1-2H3. The van der Waals surface area contributed by atoms with Gasteiger partial charge in [-0.2, -0.15) is 0 Å². The lowest BCUT2D eigenvalue weighted by molar-refractivity contribution is 0.0534. The van der Waals surface area contributed by atoms with Crippen molar-refractivity contribution in [3.8, 4) is 0 Å². The van der Waals surface area contributed by atoms with Crippen molar-refractivity contribution in [2.45, 2.75) is 33.0 Å². The van der Waals surface area contributed by atoms with Crippen molar-refractivity contribution in [2.24, 2.45) is 0 Å². The molecule has 0 spiro atoms. The van der Waals surface area contributed by atoms with Crippen molar-refractivity contribution in [3.05, 3.63) is 34.9 Å². The SMILES string of the molecule is CCCNCC(C)OCc1ccccc1Cl. The van der Waals surface area contributed by atoms with Crippen molar-refractivity contribution in [1.29, 1.82) is 0 Å². The Labute approximate surface area is 103 Å². The summed E-state index contributed by atoms with van der Waals surface area (Å²) in [5.41, 5.74) is 1.05. The second kappa shape index (κ2) is 7.66. The van der Waals surface area contributed by atoms with Crippen LogP contribution in [0.4, 0.5) is 0 Å². The van der Waals surface area contributed by atoms with Crippen LogP contribution in [0.3, 0.4) is 0 Å². The molecular weight excluding hydrogens is 222 g/mol. The second-order valence-corrected chi connectivity index (χ2v) is 4.32. The fraction of sp³-hybridized carbons (Fsp3) is 0.538. The smallest absolute Gasteiger partial charge is 0.0735 e. The molecule has 0 aliphatic carbocycles. The number of ether oxygens (including phenoxy) is 1. The Balaban J connectivity index is 2.26. The minimum Gasteiger partial charge on any atom is -0.372 e. The molecule has 0 bridgehead atoms. The highest BCUT2D eigenvalue weighted by Crippen LogP contribution is 2.16. The van der Waals surface area contributed by atoms with E-state index >= 15 is 0 Å². The molecule has 1 rings (SSSR count). The number of hydrogen-bond donors (Lipinski definition) is 1. The Morgan fingerprint density at radius 1 is 1.38 bits per heavy atom. The first-order chi connectivity index (χ1) is 7.74. The third kappa shape index (κ3) is 4.97. The van der Waals surface area contributed by atoms with Crippen molar-refractivity contribution in [1.82, 2.24) is 5.32 Å². The molecule has 0 radical (unpaired) electrons. The van der Waals surface area contributed by atoms with Crippen LogP contribution in [0.15, 0.2) is 24.3 Å². The van der Waals surface area contributed by atoms with E-state index in [4.69, 9.17) is 16.3 Å². The largest absolute Gasteiger partial charge is 0.372 e. The average molecular weight is 242 g/mol. The first kappa shape index (κ1) is 13.5. The summed E-state index contributed by atoms with van der Waals surface area (Å²) in [6.07, 6.45) is 1.36. The lowest BCUT2D eigenvalue weighted by Crippen LogP contribution is -2.27. The summed E-state index contributed by atoms with van der Waals surface area (Å²) in [7, 11) is 0. The number of halogens is 1. The number of hydrogen-bond acceptors (Lipinski definition) is 2. The lowest BCUT2D eigenvalue weighted by atomic mass is 10.2. The van der Waals surface area contributed by atoms with E-state index in [-0.39, 0.29) is 6.10 Å². The maximum atomic E-state index is 6.04. The van der Waals surface area contributed by atoms with Gasteiger partial charge < -0.3 is 10.1 Å². The van der Waals surface area contributed by atoms with Gasteiger partial charge in [0.2, 0.25) is 0 Å². The molecule has 0 aliphatic rings. The van der Waals surface area contributed by atoms with Gasteiger partial charge in [0.15, 0.2) is 0 Å². The first-order valence-corrected chi connectivity index (χ1v) is 6.17. The van der Waals surface area contributed by atoms with Gasteiger partial charge in [0, 0.05) is 11.6 Å². The zero-order valence-electron chi connectivity index (χ0n) is 10.0. The maximum absolute atomic E-state index is 6.04. The van der Waals surface area contributed by atoms with Crippen molar-refractivity contribution in [2.75, 3.05) is 13.1 Å². The molecule has 0 fully saturated rings. The van der Waals surface area contributed by atoms with Crippen LogP contribution in [0, 0.1) is 0 Å². The van der Waals surface area contributed by atoms with E-state index in [0.29, 0.717) is 6.61 Å². The zero-order chi connectivity index (χ0) is 11.8. The Bertz CT molecular complexity index is 304. The zero-order valence-corrected chi connectivity index (χ0v) is 10.8. The van der Waals surface area contributed by atoms with E-state index in [1.807, 2.05) is 24.3 Å². The minimum atomic E-state index is 0.211.